The van der Waals surface area contributed by atoms with E-state index in [0.717, 1.165) is 17.7 Å². The van der Waals surface area contributed by atoms with E-state index in [4.69, 9.17) is 4.74 Å². The predicted molar refractivity (Wildman–Crippen MR) is 84.8 cm³/mol. The van der Waals surface area contributed by atoms with E-state index in [1.54, 1.807) is 13.2 Å². The van der Waals surface area contributed by atoms with Crippen LogP contribution >= 0.6 is 0 Å². The van der Waals surface area contributed by atoms with Gasteiger partial charge < -0.3 is 15.4 Å². The number of benzene rings is 2. The van der Waals surface area contributed by atoms with Gasteiger partial charge in [-0.25, -0.2) is 0 Å². The first-order valence-electron chi connectivity index (χ1n) is 7.20. The fraction of sp³-hybridized carbons (Fsp3) is 0.235. The predicted octanol–water partition coefficient (Wildman–Crippen LogP) is 3.44. The van der Waals surface area contributed by atoms with Crippen LogP contribution in [-0.2, 0) is 17.5 Å². The van der Waals surface area contributed by atoms with Crippen LogP contribution in [0.3, 0.4) is 0 Å². The maximum atomic E-state index is 12.5. The summed E-state index contributed by atoms with van der Waals surface area (Å²) in [5.41, 5.74) is 0.548. The summed E-state index contributed by atoms with van der Waals surface area (Å²) in [6.07, 6.45) is -4.37. The third-order valence-electron chi connectivity index (χ3n) is 3.33. The summed E-state index contributed by atoms with van der Waals surface area (Å²) in [5, 5.41) is 5.50. The third kappa shape index (κ3) is 4.91. The zero-order valence-corrected chi connectivity index (χ0v) is 13.0. The van der Waals surface area contributed by atoms with E-state index in [2.05, 4.69) is 10.6 Å². The van der Waals surface area contributed by atoms with Crippen molar-refractivity contribution < 1.29 is 22.7 Å². The Balaban J connectivity index is 1.83. The van der Waals surface area contributed by atoms with Gasteiger partial charge in [-0.05, 0) is 30.3 Å². The lowest BCUT2D eigenvalue weighted by atomic mass is 10.2. The second kappa shape index (κ2) is 7.72. The van der Waals surface area contributed by atoms with E-state index in [1.165, 1.54) is 12.1 Å². The van der Waals surface area contributed by atoms with Gasteiger partial charge in [0.05, 0.1) is 19.2 Å². The molecule has 1 amide bonds. The largest absolute Gasteiger partial charge is 0.496 e. The molecule has 24 heavy (non-hydrogen) atoms. The van der Waals surface area contributed by atoms with Crippen molar-refractivity contribution in [2.24, 2.45) is 0 Å². The smallest absolute Gasteiger partial charge is 0.416 e. The minimum absolute atomic E-state index is 0.0412. The maximum absolute atomic E-state index is 12.5. The monoisotopic (exact) mass is 338 g/mol. The van der Waals surface area contributed by atoms with Gasteiger partial charge in [-0.1, -0.05) is 18.2 Å². The zero-order valence-electron chi connectivity index (χ0n) is 13.0. The number of rotatable bonds is 6. The number of carbonyl (C=O) groups excluding carboxylic acids is 1. The molecule has 0 spiro atoms. The highest BCUT2D eigenvalue weighted by Crippen LogP contribution is 2.29. The molecule has 128 valence electrons. The number of alkyl halides is 3. The van der Waals surface area contributed by atoms with Crippen molar-refractivity contribution >= 4 is 11.6 Å². The second-order valence-corrected chi connectivity index (χ2v) is 5.02. The van der Waals surface area contributed by atoms with Crippen LogP contribution < -0.4 is 15.4 Å². The van der Waals surface area contributed by atoms with Crippen LogP contribution in [0.15, 0.2) is 48.5 Å². The Labute approximate surface area is 137 Å². The summed E-state index contributed by atoms with van der Waals surface area (Å²) in [5.74, 6) is 0.398. The van der Waals surface area contributed by atoms with Crippen LogP contribution in [0.25, 0.3) is 0 Å². The molecule has 0 bridgehead atoms. The molecule has 0 aliphatic rings. The maximum Gasteiger partial charge on any atom is 0.416 e. The molecule has 2 N–H and O–H groups in total. The number of nitrogens with one attached hydrogen (secondary N) is 2. The van der Waals surface area contributed by atoms with Gasteiger partial charge in [-0.3, -0.25) is 4.79 Å². The van der Waals surface area contributed by atoms with Gasteiger partial charge in [-0.2, -0.15) is 13.2 Å². The van der Waals surface area contributed by atoms with Crippen molar-refractivity contribution in [2.75, 3.05) is 19.0 Å². The Morgan fingerprint density at radius 3 is 2.38 bits per heavy atom. The van der Waals surface area contributed by atoms with Gasteiger partial charge in [0.25, 0.3) is 0 Å². The molecule has 0 radical (unpaired) electrons. The molecular formula is C17H17F3N2O2. The number of ether oxygens (including phenoxy) is 1. The summed E-state index contributed by atoms with van der Waals surface area (Å²) in [7, 11) is 1.55. The topological polar surface area (TPSA) is 50.4 Å². The van der Waals surface area contributed by atoms with E-state index in [1.807, 2.05) is 18.2 Å². The first-order valence-corrected chi connectivity index (χ1v) is 7.20. The SMILES string of the molecule is COc1ccccc1CNC(=O)CNc1ccc(C(F)(F)F)cc1. The van der Waals surface area contributed by atoms with Crippen LogP contribution in [0.2, 0.25) is 0 Å². The number of methoxy groups -OCH3 is 1. The molecule has 2 aromatic carbocycles. The summed E-state index contributed by atoms with van der Waals surface area (Å²) in [6, 6.07) is 11.8. The fourth-order valence-corrected chi connectivity index (χ4v) is 2.06. The number of hydrogen-bond acceptors (Lipinski definition) is 3. The molecule has 0 saturated carbocycles. The molecule has 2 aromatic rings. The Bertz CT molecular complexity index is 685. The Hall–Kier alpha value is -2.70. The molecule has 0 aliphatic heterocycles. The standard InChI is InChI=1S/C17H17F3N2O2/c1-24-15-5-3-2-4-12(15)10-22-16(23)11-21-14-8-6-13(7-9-14)17(18,19)20/h2-9,21H,10-11H2,1H3,(H,22,23). The Morgan fingerprint density at radius 2 is 1.75 bits per heavy atom. The van der Waals surface area contributed by atoms with Crippen molar-refractivity contribution in [1.82, 2.24) is 5.32 Å². The zero-order chi connectivity index (χ0) is 17.6. The van der Waals surface area contributed by atoms with Crippen LogP contribution in [0.5, 0.6) is 5.75 Å². The molecule has 4 nitrogen and oxygen atoms in total. The van der Waals surface area contributed by atoms with Crippen molar-refractivity contribution in [1.29, 1.82) is 0 Å². The average molecular weight is 338 g/mol. The lowest BCUT2D eigenvalue weighted by Crippen LogP contribution is -2.29. The van der Waals surface area contributed by atoms with Crippen LogP contribution in [0, 0.1) is 0 Å². The van der Waals surface area contributed by atoms with Crippen molar-refractivity contribution in [3.8, 4) is 5.75 Å². The average Bonchev–Trinajstić information content (AvgIpc) is 2.58. The Morgan fingerprint density at radius 1 is 1.08 bits per heavy atom. The first kappa shape index (κ1) is 17.7. The second-order valence-electron chi connectivity index (χ2n) is 5.02. The van der Waals surface area contributed by atoms with E-state index >= 15 is 0 Å². The lowest BCUT2D eigenvalue weighted by molar-refractivity contribution is -0.137. The lowest BCUT2D eigenvalue weighted by Gasteiger charge is -2.11. The number of para-hydroxylation sites is 1. The molecule has 0 saturated heterocycles. The minimum atomic E-state index is -4.37. The van der Waals surface area contributed by atoms with Crippen LogP contribution in [0.4, 0.5) is 18.9 Å². The number of amides is 1. The molecule has 0 atom stereocenters. The van der Waals surface area contributed by atoms with Crippen molar-refractivity contribution in [2.45, 2.75) is 12.7 Å². The number of carbonyl (C=O) groups is 1. The highest BCUT2D eigenvalue weighted by atomic mass is 19.4. The molecule has 2 rings (SSSR count). The van der Waals surface area contributed by atoms with Gasteiger partial charge in [-0.15, -0.1) is 0 Å². The first-order chi connectivity index (χ1) is 11.4. The highest BCUT2D eigenvalue weighted by molar-refractivity contribution is 5.80. The molecule has 0 unspecified atom stereocenters. The van der Waals surface area contributed by atoms with E-state index in [-0.39, 0.29) is 12.5 Å². The van der Waals surface area contributed by atoms with Gasteiger partial charge in [0.2, 0.25) is 5.91 Å². The number of anilines is 1. The van der Waals surface area contributed by atoms with E-state index < -0.39 is 11.7 Å². The molecule has 0 fully saturated rings. The molecule has 0 aliphatic carbocycles. The van der Waals surface area contributed by atoms with E-state index in [0.29, 0.717) is 18.0 Å². The van der Waals surface area contributed by atoms with Crippen molar-refractivity contribution in [3.05, 3.63) is 59.7 Å². The summed E-state index contributed by atoms with van der Waals surface area (Å²) >= 11 is 0. The number of hydrogen-bond donors (Lipinski definition) is 2. The van der Waals surface area contributed by atoms with Gasteiger partial charge in [0, 0.05) is 17.8 Å². The van der Waals surface area contributed by atoms with Gasteiger partial charge in [0.15, 0.2) is 0 Å². The van der Waals surface area contributed by atoms with Gasteiger partial charge >= 0.3 is 6.18 Å². The fourth-order valence-electron chi connectivity index (χ4n) is 2.06. The molecule has 7 heteroatoms. The minimum Gasteiger partial charge on any atom is -0.496 e. The molecular weight excluding hydrogens is 321 g/mol. The Kier molecular flexibility index (Phi) is 5.68. The summed E-state index contributed by atoms with van der Waals surface area (Å²) in [4.78, 5) is 11.8. The van der Waals surface area contributed by atoms with Gasteiger partial charge in [0.1, 0.15) is 5.75 Å². The molecule has 0 aromatic heterocycles. The number of halogens is 3. The summed E-state index contributed by atoms with van der Waals surface area (Å²) in [6.45, 7) is 0.262. The quantitative estimate of drug-likeness (QED) is 0.848. The highest BCUT2D eigenvalue weighted by Gasteiger charge is 2.29. The van der Waals surface area contributed by atoms with Crippen molar-refractivity contribution in [3.63, 3.8) is 0 Å². The molecule has 0 heterocycles. The van der Waals surface area contributed by atoms with Crippen LogP contribution in [0.1, 0.15) is 11.1 Å². The van der Waals surface area contributed by atoms with Crippen LogP contribution in [-0.4, -0.2) is 19.6 Å². The normalized spacial score (nSPS) is 11.0. The van der Waals surface area contributed by atoms with E-state index in [9.17, 15) is 18.0 Å². The third-order valence-corrected chi connectivity index (χ3v) is 3.33. The summed E-state index contributed by atoms with van der Waals surface area (Å²) < 4.78 is 42.6.